The van der Waals surface area contributed by atoms with Crippen molar-refractivity contribution in [2.24, 2.45) is 5.73 Å². The number of phenolic OH excluding ortho intramolecular Hbond substituents is 1. The number of nitrogens with two attached hydrogens (primary N) is 1. The molecule has 0 radical (unpaired) electrons. The standard InChI is InChI=1S/C12H16ClNO2/c1-3-4-7(2)9-5-8(12(14)16)6-10(13)11(9)15/h5-7,15H,3-4H2,1-2H3,(H2,14,16). The molecule has 1 aromatic rings. The average Bonchev–Trinajstić information content (AvgIpc) is 2.21. The van der Waals surface area contributed by atoms with E-state index in [1.165, 1.54) is 6.07 Å². The number of hydrogen-bond donors (Lipinski definition) is 2. The highest BCUT2D eigenvalue weighted by Gasteiger charge is 2.15. The van der Waals surface area contributed by atoms with Crippen molar-refractivity contribution in [3.8, 4) is 5.75 Å². The first-order valence-corrected chi connectivity index (χ1v) is 5.67. The van der Waals surface area contributed by atoms with Crippen LogP contribution < -0.4 is 5.73 Å². The van der Waals surface area contributed by atoms with E-state index in [0.29, 0.717) is 11.1 Å². The molecule has 0 spiro atoms. The monoisotopic (exact) mass is 241 g/mol. The lowest BCUT2D eigenvalue weighted by atomic mass is 9.94. The highest BCUT2D eigenvalue weighted by atomic mass is 35.5. The van der Waals surface area contributed by atoms with E-state index in [0.717, 1.165) is 12.8 Å². The average molecular weight is 242 g/mol. The third-order valence-electron chi connectivity index (χ3n) is 2.63. The van der Waals surface area contributed by atoms with Gasteiger partial charge in [0.25, 0.3) is 0 Å². The maximum absolute atomic E-state index is 11.1. The molecule has 3 nitrogen and oxygen atoms in total. The molecular weight excluding hydrogens is 226 g/mol. The maximum Gasteiger partial charge on any atom is 0.248 e. The summed E-state index contributed by atoms with van der Waals surface area (Å²) in [6.07, 6.45) is 1.92. The van der Waals surface area contributed by atoms with E-state index < -0.39 is 5.91 Å². The molecule has 0 aliphatic heterocycles. The number of carbonyl (C=O) groups excluding carboxylic acids is 1. The van der Waals surface area contributed by atoms with Crippen LogP contribution in [-0.4, -0.2) is 11.0 Å². The van der Waals surface area contributed by atoms with E-state index in [2.05, 4.69) is 6.92 Å². The van der Waals surface area contributed by atoms with Crippen LogP contribution in [0.2, 0.25) is 5.02 Å². The molecule has 1 aromatic carbocycles. The lowest BCUT2D eigenvalue weighted by Gasteiger charge is -2.14. The van der Waals surface area contributed by atoms with E-state index in [-0.39, 0.29) is 16.7 Å². The van der Waals surface area contributed by atoms with Crippen molar-refractivity contribution < 1.29 is 9.90 Å². The fourth-order valence-electron chi connectivity index (χ4n) is 1.73. The van der Waals surface area contributed by atoms with Crippen molar-refractivity contribution in [2.75, 3.05) is 0 Å². The number of phenols is 1. The molecule has 3 N–H and O–H groups in total. The lowest BCUT2D eigenvalue weighted by Crippen LogP contribution is -2.11. The quantitative estimate of drug-likeness (QED) is 0.851. The zero-order valence-electron chi connectivity index (χ0n) is 9.46. The van der Waals surface area contributed by atoms with Gasteiger partial charge in [0.15, 0.2) is 0 Å². The Hall–Kier alpha value is -1.22. The molecule has 1 unspecified atom stereocenters. The Labute approximate surface area is 100 Å². The summed E-state index contributed by atoms with van der Waals surface area (Å²) >= 11 is 5.85. The van der Waals surface area contributed by atoms with Gasteiger partial charge in [-0.15, -0.1) is 0 Å². The molecule has 1 rings (SSSR count). The number of amides is 1. The summed E-state index contributed by atoms with van der Waals surface area (Å²) < 4.78 is 0. The summed E-state index contributed by atoms with van der Waals surface area (Å²) in [6.45, 7) is 4.05. The van der Waals surface area contributed by atoms with Gasteiger partial charge in [-0.1, -0.05) is 31.9 Å². The van der Waals surface area contributed by atoms with Crippen LogP contribution in [0, 0.1) is 0 Å². The maximum atomic E-state index is 11.1. The molecule has 88 valence electrons. The minimum Gasteiger partial charge on any atom is -0.506 e. The van der Waals surface area contributed by atoms with Crippen molar-refractivity contribution in [3.63, 3.8) is 0 Å². The molecule has 0 saturated heterocycles. The molecule has 0 aromatic heterocycles. The van der Waals surface area contributed by atoms with Crippen molar-refractivity contribution in [3.05, 3.63) is 28.3 Å². The number of halogens is 1. The largest absolute Gasteiger partial charge is 0.506 e. The van der Waals surface area contributed by atoms with Gasteiger partial charge >= 0.3 is 0 Å². The normalized spacial score (nSPS) is 12.4. The molecule has 1 atom stereocenters. The SMILES string of the molecule is CCCC(C)c1cc(C(N)=O)cc(Cl)c1O. The predicted octanol–water partition coefficient (Wildman–Crippen LogP) is 3.05. The smallest absolute Gasteiger partial charge is 0.248 e. The van der Waals surface area contributed by atoms with Crippen LogP contribution in [0.25, 0.3) is 0 Å². The Bertz CT molecular complexity index is 404. The first-order chi connectivity index (χ1) is 7.47. The summed E-state index contributed by atoms with van der Waals surface area (Å²) in [5, 5.41) is 9.99. The Kier molecular flexibility index (Phi) is 4.19. The van der Waals surface area contributed by atoms with Crippen LogP contribution in [-0.2, 0) is 0 Å². The number of primary amides is 1. The molecule has 16 heavy (non-hydrogen) atoms. The van der Waals surface area contributed by atoms with Gasteiger partial charge in [0.2, 0.25) is 5.91 Å². The van der Waals surface area contributed by atoms with Gasteiger partial charge in [-0.3, -0.25) is 4.79 Å². The van der Waals surface area contributed by atoms with Crippen molar-refractivity contribution in [2.45, 2.75) is 32.6 Å². The lowest BCUT2D eigenvalue weighted by molar-refractivity contribution is 0.1000. The molecule has 0 aliphatic carbocycles. The first kappa shape index (κ1) is 12.8. The van der Waals surface area contributed by atoms with E-state index in [1.54, 1.807) is 6.07 Å². The molecule has 0 heterocycles. The highest BCUT2D eigenvalue weighted by molar-refractivity contribution is 6.32. The van der Waals surface area contributed by atoms with Crippen molar-refractivity contribution >= 4 is 17.5 Å². The Morgan fingerprint density at radius 2 is 2.19 bits per heavy atom. The highest BCUT2D eigenvalue weighted by Crippen LogP contribution is 2.35. The Morgan fingerprint density at radius 1 is 1.56 bits per heavy atom. The second kappa shape index (κ2) is 5.21. The number of aromatic hydroxyl groups is 1. The summed E-state index contributed by atoms with van der Waals surface area (Å²) in [6, 6.07) is 3.01. The number of rotatable bonds is 4. The van der Waals surface area contributed by atoms with Crippen LogP contribution in [0.1, 0.15) is 48.5 Å². The Balaban J connectivity index is 3.21. The van der Waals surface area contributed by atoms with Crippen LogP contribution in [0.15, 0.2) is 12.1 Å². The van der Waals surface area contributed by atoms with E-state index in [9.17, 15) is 9.90 Å². The van der Waals surface area contributed by atoms with Gasteiger partial charge in [-0.2, -0.15) is 0 Å². The summed E-state index contributed by atoms with van der Waals surface area (Å²) in [4.78, 5) is 11.1. The molecule has 0 fully saturated rings. The zero-order chi connectivity index (χ0) is 12.3. The summed E-state index contributed by atoms with van der Waals surface area (Å²) in [7, 11) is 0. The van der Waals surface area contributed by atoms with E-state index in [4.69, 9.17) is 17.3 Å². The third-order valence-corrected chi connectivity index (χ3v) is 2.92. The summed E-state index contributed by atoms with van der Waals surface area (Å²) in [5.74, 6) is -0.332. The number of hydrogen-bond acceptors (Lipinski definition) is 2. The fourth-order valence-corrected chi connectivity index (χ4v) is 1.95. The molecule has 4 heteroatoms. The second-order valence-corrected chi connectivity index (χ2v) is 4.36. The zero-order valence-corrected chi connectivity index (χ0v) is 10.2. The van der Waals surface area contributed by atoms with Crippen molar-refractivity contribution in [1.29, 1.82) is 0 Å². The topological polar surface area (TPSA) is 63.3 Å². The second-order valence-electron chi connectivity index (χ2n) is 3.95. The van der Waals surface area contributed by atoms with Gasteiger partial charge in [0.1, 0.15) is 5.75 Å². The van der Waals surface area contributed by atoms with Gasteiger partial charge in [-0.25, -0.2) is 0 Å². The fraction of sp³-hybridized carbons (Fsp3) is 0.417. The van der Waals surface area contributed by atoms with Crippen molar-refractivity contribution in [1.82, 2.24) is 0 Å². The third kappa shape index (κ3) is 2.67. The number of benzene rings is 1. The Morgan fingerprint density at radius 3 is 2.69 bits per heavy atom. The molecule has 0 bridgehead atoms. The van der Waals surface area contributed by atoms with Crippen LogP contribution in [0.3, 0.4) is 0 Å². The minimum absolute atomic E-state index is 0.0487. The number of carbonyl (C=O) groups is 1. The summed E-state index contributed by atoms with van der Waals surface area (Å²) in [5.41, 5.74) is 6.21. The molecule has 0 aliphatic rings. The van der Waals surface area contributed by atoms with E-state index in [1.807, 2.05) is 6.92 Å². The molecular formula is C12H16ClNO2. The molecule has 0 saturated carbocycles. The van der Waals surface area contributed by atoms with Gasteiger partial charge < -0.3 is 10.8 Å². The van der Waals surface area contributed by atoms with Crippen LogP contribution >= 0.6 is 11.6 Å². The van der Waals surface area contributed by atoms with Gasteiger partial charge in [-0.05, 0) is 30.0 Å². The minimum atomic E-state index is -0.535. The van der Waals surface area contributed by atoms with Crippen LogP contribution in [0.5, 0.6) is 5.75 Å². The van der Waals surface area contributed by atoms with Crippen LogP contribution in [0.4, 0.5) is 0 Å². The first-order valence-electron chi connectivity index (χ1n) is 5.29. The molecule has 1 amide bonds. The van der Waals surface area contributed by atoms with Gasteiger partial charge in [0.05, 0.1) is 5.02 Å². The predicted molar refractivity (Wildman–Crippen MR) is 65.0 cm³/mol. The van der Waals surface area contributed by atoms with E-state index >= 15 is 0 Å². The van der Waals surface area contributed by atoms with Gasteiger partial charge in [0, 0.05) is 5.56 Å².